The van der Waals surface area contributed by atoms with Crippen LogP contribution in [-0.2, 0) is 9.59 Å². The average Bonchev–Trinajstić information content (AvgIpc) is 2.93. The highest BCUT2D eigenvalue weighted by molar-refractivity contribution is 6.34. The lowest BCUT2D eigenvalue weighted by Crippen LogP contribution is -2.44. The predicted octanol–water partition coefficient (Wildman–Crippen LogP) is 1.72. The third kappa shape index (κ3) is 4.01. The molecule has 2 rings (SSSR count). The first kappa shape index (κ1) is 17.3. The molecule has 1 atom stereocenters. The number of likely N-dealkylation sites (N-methyl/N-ethyl adjacent to an activating group) is 1. The van der Waals surface area contributed by atoms with E-state index < -0.39 is 6.04 Å². The highest BCUT2D eigenvalue weighted by Gasteiger charge is 2.25. The van der Waals surface area contributed by atoms with Crippen molar-refractivity contribution in [1.82, 2.24) is 10.6 Å². The minimum atomic E-state index is -0.644. The molecule has 1 heterocycles. The summed E-state index contributed by atoms with van der Waals surface area (Å²) in [6, 6.07) is 4.11. The van der Waals surface area contributed by atoms with E-state index in [4.69, 9.17) is 11.6 Å². The van der Waals surface area contributed by atoms with Gasteiger partial charge < -0.3 is 15.5 Å². The first-order valence-corrected chi connectivity index (χ1v) is 8.00. The zero-order chi connectivity index (χ0) is 17.0. The summed E-state index contributed by atoms with van der Waals surface area (Å²) in [6.45, 7) is 4.52. The van der Waals surface area contributed by atoms with Crippen molar-refractivity contribution in [3.8, 4) is 0 Å². The van der Waals surface area contributed by atoms with E-state index >= 15 is 0 Å². The minimum Gasteiger partial charge on any atom is -0.355 e. The lowest BCUT2D eigenvalue weighted by Gasteiger charge is -2.19. The van der Waals surface area contributed by atoms with Crippen LogP contribution in [0.15, 0.2) is 18.2 Å². The number of nitrogens with one attached hydrogen (secondary N) is 2. The van der Waals surface area contributed by atoms with Gasteiger partial charge in [-0.25, -0.2) is 0 Å². The maximum absolute atomic E-state index is 12.3. The van der Waals surface area contributed by atoms with Crippen LogP contribution in [-0.4, -0.2) is 36.9 Å². The van der Waals surface area contributed by atoms with Crippen LogP contribution < -0.4 is 15.5 Å². The van der Waals surface area contributed by atoms with Crippen molar-refractivity contribution in [3.63, 3.8) is 0 Å². The molecule has 0 unspecified atom stereocenters. The lowest BCUT2D eigenvalue weighted by atomic mass is 10.1. The minimum absolute atomic E-state index is 0.000139. The van der Waals surface area contributed by atoms with E-state index in [1.807, 2.05) is 6.92 Å². The molecule has 23 heavy (non-hydrogen) atoms. The number of anilines is 1. The van der Waals surface area contributed by atoms with E-state index in [0.29, 0.717) is 35.8 Å². The fraction of sp³-hybridized carbons (Fsp3) is 0.438. The van der Waals surface area contributed by atoms with Gasteiger partial charge in [-0.3, -0.25) is 14.4 Å². The molecule has 1 saturated heterocycles. The molecule has 3 amide bonds. The third-order valence-corrected chi connectivity index (χ3v) is 3.98. The van der Waals surface area contributed by atoms with E-state index in [0.717, 1.165) is 6.42 Å². The van der Waals surface area contributed by atoms with Crippen LogP contribution in [0.3, 0.4) is 0 Å². The highest BCUT2D eigenvalue weighted by Crippen LogP contribution is 2.30. The molecule has 1 aliphatic rings. The monoisotopic (exact) mass is 337 g/mol. The zero-order valence-electron chi connectivity index (χ0n) is 13.2. The van der Waals surface area contributed by atoms with Crippen LogP contribution in [0.25, 0.3) is 0 Å². The van der Waals surface area contributed by atoms with Crippen molar-refractivity contribution < 1.29 is 14.4 Å². The van der Waals surface area contributed by atoms with Crippen molar-refractivity contribution >= 4 is 35.0 Å². The van der Waals surface area contributed by atoms with Gasteiger partial charge in [-0.15, -0.1) is 0 Å². The van der Waals surface area contributed by atoms with Crippen molar-refractivity contribution in [2.45, 2.75) is 32.7 Å². The highest BCUT2D eigenvalue weighted by atomic mass is 35.5. The maximum Gasteiger partial charge on any atom is 0.251 e. The lowest BCUT2D eigenvalue weighted by molar-refractivity contribution is -0.122. The van der Waals surface area contributed by atoms with Gasteiger partial charge in [-0.2, -0.15) is 0 Å². The Kier molecular flexibility index (Phi) is 5.60. The summed E-state index contributed by atoms with van der Waals surface area (Å²) in [6.07, 6.45) is 1.26. The summed E-state index contributed by atoms with van der Waals surface area (Å²) in [7, 11) is 0. The van der Waals surface area contributed by atoms with E-state index in [-0.39, 0.29) is 17.7 Å². The molecule has 2 N–H and O–H groups in total. The summed E-state index contributed by atoms with van der Waals surface area (Å²) in [5, 5.41) is 5.70. The average molecular weight is 338 g/mol. The second-order valence-corrected chi connectivity index (χ2v) is 5.81. The van der Waals surface area contributed by atoms with Gasteiger partial charge in [0, 0.05) is 25.1 Å². The topological polar surface area (TPSA) is 78.5 Å². The van der Waals surface area contributed by atoms with Crippen LogP contribution in [0.5, 0.6) is 0 Å². The second-order valence-electron chi connectivity index (χ2n) is 5.40. The molecular formula is C16H20ClN3O3. The number of carbonyl (C=O) groups excluding carboxylic acids is 3. The van der Waals surface area contributed by atoms with Crippen LogP contribution in [0.1, 0.15) is 37.0 Å². The van der Waals surface area contributed by atoms with Crippen LogP contribution in [0, 0.1) is 0 Å². The molecule has 1 aliphatic heterocycles. The maximum atomic E-state index is 12.3. The fourth-order valence-electron chi connectivity index (χ4n) is 2.44. The van der Waals surface area contributed by atoms with Crippen LogP contribution in [0.4, 0.5) is 5.69 Å². The quantitative estimate of drug-likeness (QED) is 0.858. The smallest absolute Gasteiger partial charge is 0.251 e. The van der Waals surface area contributed by atoms with E-state index in [1.165, 1.54) is 0 Å². The number of amides is 3. The summed E-state index contributed by atoms with van der Waals surface area (Å²) in [5.41, 5.74) is 0.896. The number of hydrogen-bond donors (Lipinski definition) is 2. The fourth-order valence-corrected chi connectivity index (χ4v) is 2.66. The van der Waals surface area contributed by atoms with Crippen molar-refractivity contribution in [1.29, 1.82) is 0 Å². The Morgan fingerprint density at radius 2 is 2.13 bits per heavy atom. The Morgan fingerprint density at radius 1 is 1.39 bits per heavy atom. The third-order valence-electron chi connectivity index (χ3n) is 3.66. The number of hydrogen-bond acceptors (Lipinski definition) is 3. The molecule has 0 radical (unpaired) electrons. The van der Waals surface area contributed by atoms with Crippen LogP contribution in [0.2, 0.25) is 5.02 Å². The Balaban J connectivity index is 2.15. The molecule has 0 bridgehead atoms. The molecule has 0 aliphatic carbocycles. The number of nitrogens with zero attached hydrogens (tertiary/aromatic N) is 1. The molecule has 124 valence electrons. The zero-order valence-corrected chi connectivity index (χ0v) is 13.9. The molecule has 0 spiro atoms. The van der Waals surface area contributed by atoms with E-state index in [9.17, 15) is 14.4 Å². The van der Waals surface area contributed by atoms with Gasteiger partial charge in [0.15, 0.2) is 0 Å². The molecule has 0 saturated carbocycles. The van der Waals surface area contributed by atoms with Gasteiger partial charge in [0.05, 0.1) is 10.7 Å². The van der Waals surface area contributed by atoms with E-state index in [2.05, 4.69) is 10.6 Å². The summed E-state index contributed by atoms with van der Waals surface area (Å²) in [4.78, 5) is 37.4. The number of rotatable bonds is 5. The Labute approximate surface area is 140 Å². The largest absolute Gasteiger partial charge is 0.355 e. The predicted molar refractivity (Wildman–Crippen MR) is 88.7 cm³/mol. The van der Waals surface area contributed by atoms with Gasteiger partial charge >= 0.3 is 0 Å². The SMILES string of the molecule is CCNC(=O)[C@H](C)NC(=O)c1ccc(Cl)c(N2CCCC2=O)c1. The summed E-state index contributed by atoms with van der Waals surface area (Å²) in [5.74, 6) is -0.627. The second kappa shape index (κ2) is 7.46. The van der Waals surface area contributed by atoms with Crippen LogP contribution >= 0.6 is 11.6 Å². The Bertz CT molecular complexity index is 633. The van der Waals surface area contributed by atoms with Gasteiger partial charge in [-0.05, 0) is 38.5 Å². The van der Waals surface area contributed by atoms with Crippen molar-refractivity contribution in [3.05, 3.63) is 28.8 Å². The molecule has 1 aromatic rings. The molecule has 7 heteroatoms. The molecule has 0 aromatic heterocycles. The van der Waals surface area contributed by atoms with Crippen molar-refractivity contribution in [2.24, 2.45) is 0 Å². The number of benzene rings is 1. The summed E-state index contributed by atoms with van der Waals surface area (Å²) < 4.78 is 0. The van der Waals surface area contributed by atoms with Gasteiger partial charge in [0.25, 0.3) is 5.91 Å². The van der Waals surface area contributed by atoms with Gasteiger partial charge in [0.1, 0.15) is 6.04 Å². The number of carbonyl (C=O) groups is 3. The van der Waals surface area contributed by atoms with E-state index in [1.54, 1.807) is 30.0 Å². The molecule has 6 nitrogen and oxygen atoms in total. The first-order chi connectivity index (χ1) is 10.9. The molecule has 1 aromatic carbocycles. The Hall–Kier alpha value is -2.08. The molecule has 1 fully saturated rings. The standard InChI is InChI=1S/C16H20ClN3O3/c1-3-18-15(22)10(2)19-16(23)11-6-7-12(17)13(9-11)20-8-4-5-14(20)21/h6-7,9-10H,3-5,8H2,1-2H3,(H,18,22)(H,19,23)/t10-/m0/s1. The summed E-state index contributed by atoms with van der Waals surface area (Å²) >= 11 is 6.15. The first-order valence-electron chi connectivity index (χ1n) is 7.62. The molecular weight excluding hydrogens is 318 g/mol. The number of halogens is 1. The van der Waals surface area contributed by atoms with Crippen molar-refractivity contribution in [2.75, 3.05) is 18.0 Å². The van der Waals surface area contributed by atoms with Gasteiger partial charge in [-0.1, -0.05) is 11.6 Å². The Morgan fingerprint density at radius 3 is 2.74 bits per heavy atom. The normalized spacial score (nSPS) is 15.4. The van der Waals surface area contributed by atoms with Gasteiger partial charge in [0.2, 0.25) is 11.8 Å².